The molecule has 0 atom stereocenters. The molecule has 0 saturated carbocycles. The zero-order chi connectivity index (χ0) is 11.7. The van der Waals surface area contributed by atoms with Crippen molar-refractivity contribution < 1.29 is 0 Å². The van der Waals surface area contributed by atoms with Crippen molar-refractivity contribution in [1.82, 2.24) is 19.6 Å². The summed E-state index contributed by atoms with van der Waals surface area (Å²) in [5.41, 5.74) is 8.74. The van der Waals surface area contributed by atoms with Gasteiger partial charge in [-0.1, -0.05) is 13.3 Å². The summed E-state index contributed by atoms with van der Waals surface area (Å²) in [4.78, 5) is 0. The van der Waals surface area contributed by atoms with Crippen molar-refractivity contribution in [3.05, 3.63) is 23.7 Å². The van der Waals surface area contributed by atoms with Gasteiger partial charge in [0, 0.05) is 13.2 Å². The van der Waals surface area contributed by atoms with Crippen molar-refractivity contribution in [2.75, 3.05) is 5.73 Å². The summed E-state index contributed by atoms with van der Waals surface area (Å²) in [6.45, 7) is 4.07. The summed E-state index contributed by atoms with van der Waals surface area (Å²) in [5, 5.41) is 8.77. The predicted octanol–water partition coefficient (Wildman–Crippen LogP) is 1.45. The molecule has 2 N–H and O–H groups in total. The van der Waals surface area contributed by atoms with Crippen LogP contribution >= 0.6 is 0 Å². The highest BCUT2D eigenvalue weighted by molar-refractivity contribution is 5.57. The Morgan fingerprint density at radius 2 is 2.12 bits per heavy atom. The van der Waals surface area contributed by atoms with Crippen molar-refractivity contribution in [3.8, 4) is 5.82 Å². The summed E-state index contributed by atoms with van der Waals surface area (Å²) >= 11 is 0. The first-order chi connectivity index (χ1) is 7.63. The molecule has 2 rings (SSSR count). The number of hydrogen-bond donors (Lipinski definition) is 1. The highest BCUT2D eigenvalue weighted by atomic mass is 15.4. The van der Waals surface area contributed by atoms with Crippen LogP contribution in [0.15, 0.2) is 12.3 Å². The first kappa shape index (κ1) is 10.7. The van der Waals surface area contributed by atoms with Gasteiger partial charge in [-0.15, -0.1) is 0 Å². The molecule has 2 aromatic heterocycles. The fourth-order valence-electron chi connectivity index (χ4n) is 1.81. The molecule has 2 aromatic rings. The Bertz CT molecular complexity index is 494. The van der Waals surface area contributed by atoms with Gasteiger partial charge in [-0.05, 0) is 19.4 Å². The maximum Gasteiger partial charge on any atom is 0.175 e. The van der Waals surface area contributed by atoms with Gasteiger partial charge in [0.2, 0.25) is 0 Å². The van der Waals surface area contributed by atoms with Gasteiger partial charge in [-0.3, -0.25) is 0 Å². The molecule has 0 fully saturated rings. The molecule has 5 heteroatoms. The lowest BCUT2D eigenvalue weighted by Crippen LogP contribution is -2.05. The minimum atomic E-state index is 0.729. The van der Waals surface area contributed by atoms with E-state index in [2.05, 4.69) is 17.1 Å². The number of nitrogen functional groups attached to an aromatic ring is 1. The van der Waals surface area contributed by atoms with Crippen LogP contribution < -0.4 is 5.73 Å². The molecule has 0 bridgehead atoms. The number of aryl methyl sites for hydroxylation is 3. The topological polar surface area (TPSA) is 61.7 Å². The lowest BCUT2D eigenvalue weighted by atomic mass is 10.2. The van der Waals surface area contributed by atoms with Gasteiger partial charge >= 0.3 is 0 Å². The highest BCUT2D eigenvalue weighted by Crippen LogP contribution is 2.21. The third kappa shape index (κ3) is 1.68. The fourth-order valence-corrected chi connectivity index (χ4v) is 1.81. The second-order valence-electron chi connectivity index (χ2n) is 3.96. The molecule has 5 nitrogen and oxygen atoms in total. The number of hydrogen-bond acceptors (Lipinski definition) is 3. The van der Waals surface area contributed by atoms with E-state index in [-0.39, 0.29) is 0 Å². The van der Waals surface area contributed by atoms with E-state index in [4.69, 9.17) is 5.73 Å². The zero-order valence-corrected chi connectivity index (χ0v) is 9.94. The number of nitrogens with zero attached hydrogens (tertiary/aromatic N) is 4. The number of aromatic nitrogens is 4. The largest absolute Gasteiger partial charge is 0.394 e. The molecule has 0 radical (unpaired) electrons. The fraction of sp³-hybridized carbons (Fsp3) is 0.455. The number of anilines is 1. The smallest absolute Gasteiger partial charge is 0.175 e. The molecule has 0 aromatic carbocycles. The molecule has 0 aliphatic rings. The molecule has 86 valence electrons. The number of rotatable bonds is 3. The summed E-state index contributed by atoms with van der Waals surface area (Å²) in [6.07, 6.45) is 3.84. The third-order valence-corrected chi connectivity index (χ3v) is 2.56. The Hall–Kier alpha value is -1.78. The van der Waals surface area contributed by atoms with Crippen LogP contribution in [0.25, 0.3) is 5.82 Å². The zero-order valence-electron chi connectivity index (χ0n) is 9.94. The van der Waals surface area contributed by atoms with Crippen LogP contribution in [-0.4, -0.2) is 19.6 Å². The van der Waals surface area contributed by atoms with Crippen molar-refractivity contribution in [2.24, 2.45) is 7.05 Å². The standard InChI is InChI=1S/C11H17N5/c1-4-5-9-10(12)11(15(3)14-9)16-7-6-8(2)13-16/h6-7H,4-5,12H2,1-3H3. The predicted molar refractivity (Wildman–Crippen MR) is 63.5 cm³/mol. The average molecular weight is 219 g/mol. The van der Waals surface area contributed by atoms with Crippen molar-refractivity contribution >= 4 is 5.69 Å². The van der Waals surface area contributed by atoms with Crippen LogP contribution in [0.2, 0.25) is 0 Å². The quantitative estimate of drug-likeness (QED) is 0.849. The van der Waals surface area contributed by atoms with E-state index in [1.807, 2.05) is 26.2 Å². The summed E-state index contributed by atoms with van der Waals surface area (Å²) < 4.78 is 3.56. The maximum absolute atomic E-state index is 6.09. The van der Waals surface area contributed by atoms with Gasteiger partial charge in [0.25, 0.3) is 0 Å². The molecule has 2 heterocycles. The Kier molecular flexibility index (Phi) is 2.68. The second-order valence-corrected chi connectivity index (χ2v) is 3.96. The van der Waals surface area contributed by atoms with Crippen LogP contribution in [0.1, 0.15) is 24.7 Å². The Balaban J connectivity index is 2.48. The minimum absolute atomic E-state index is 0.729. The molecule has 0 amide bonds. The molecule has 0 aliphatic heterocycles. The van der Waals surface area contributed by atoms with Crippen LogP contribution in [0.5, 0.6) is 0 Å². The van der Waals surface area contributed by atoms with E-state index in [0.29, 0.717) is 0 Å². The Morgan fingerprint density at radius 1 is 1.38 bits per heavy atom. The molecular formula is C11H17N5. The SMILES string of the molecule is CCCc1nn(C)c(-n2ccc(C)n2)c1N. The average Bonchev–Trinajstić information content (AvgIpc) is 2.74. The van der Waals surface area contributed by atoms with Crippen LogP contribution in [0.3, 0.4) is 0 Å². The summed E-state index contributed by atoms with van der Waals surface area (Å²) in [7, 11) is 1.89. The molecule has 16 heavy (non-hydrogen) atoms. The third-order valence-electron chi connectivity index (χ3n) is 2.56. The van der Waals surface area contributed by atoms with E-state index in [1.54, 1.807) is 9.36 Å². The molecular weight excluding hydrogens is 202 g/mol. The molecule has 0 aliphatic carbocycles. The Labute approximate surface area is 94.9 Å². The van der Waals surface area contributed by atoms with Gasteiger partial charge in [0.05, 0.1) is 11.4 Å². The van der Waals surface area contributed by atoms with Gasteiger partial charge in [-0.2, -0.15) is 10.2 Å². The van der Waals surface area contributed by atoms with Gasteiger partial charge in [0.15, 0.2) is 5.82 Å². The van der Waals surface area contributed by atoms with E-state index < -0.39 is 0 Å². The lowest BCUT2D eigenvalue weighted by molar-refractivity contribution is 0.683. The normalized spacial score (nSPS) is 10.9. The first-order valence-electron chi connectivity index (χ1n) is 5.47. The maximum atomic E-state index is 6.09. The molecule has 0 saturated heterocycles. The van der Waals surface area contributed by atoms with Crippen molar-refractivity contribution in [3.63, 3.8) is 0 Å². The molecule has 0 unspecified atom stereocenters. The van der Waals surface area contributed by atoms with E-state index in [0.717, 1.165) is 35.7 Å². The van der Waals surface area contributed by atoms with E-state index in [1.165, 1.54) is 0 Å². The van der Waals surface area contributed by atoms with Gasteiger partial charge in [-0.25, -0.2) is 9.36 Å². The van der Waals surface area contributed by atoms with Gasteiger partial charge in [0.1, 0.15) is 5.69 Å². The highest BCUT2D eigenvalue weighted by Gasteiger charge is 2.14. The second kappa shape index (κ2) is 4.00. The van der Waals surface area contributed by atoms with E-state index >= 15 is 0 Å². The van der Waals surface area contributed by atoms with Crippen molar-refractivity contribution in [2.45, 2.75) is 26.7 Å². The minimum Gasteiger partial charge on any atom is -0.394 e. The first-order valence-corrected chi connectivity index (χ1v) is 5.47. The summed E-state index contributed by atoms with van der Waals surface area (Å²) in [6, 6.07) is 1.95. The van der Waals surface area contributed by atoms with Crippen LogP contribution in [-0.2, 0) is 13.5 Å². The summed E-state index contributed by atoms with van der Waals surface area (Å²) in [5.74, 6) is 0.844. The monoisotopic (exact) mass is 219 g/mol. The van der Waals surface area contributed by atoms with Crippen molar-refractivity contribution in [1.29, 1.82) is 0 Å². The van der Waals surface area contributed by atoms with Gasteiger partial charge < -0.3 is 5.73 Å². The van der Waals surface area contributed by atoms with Crippen LogP contribution in [0, 0.1) is 6.92 Å². The molecule has 0 spiro atoms. The Morgan fingerprint density at radius 3 is 2.69 bits per heavy atom. The van der Waals surface area contributed by atoms with E-state index in [9.17, 15) is 0 Å². The van der Waals surface area contributed by atoms with Crippen LogP contribution in [0.4, 0.5) is 5.69 Å². The number of nitrogens with two attached hydrogens (primary N) is 1. The lowest BCUT2D eigenvalue weighted by Gasteiger charge is -2.02.